The molecule has 1 aromatic carbocycles. The van der Waals surface area contributed by atoms with E-state index < -0.39 is 0 Å². The maximum Gasteiger partial charge on any atom is 0.191 e. The van der Waals surface area contributed by atoms with Crippen LogP contribution in [-0.2, 0) is 0 Å². The summed E-state index contributed by atoms with van der Waals surface area (Å²) in [6.45, 7) is 9.86. The minimum absolute atomic E-state index is 0. The molecule has 0 unspecified atom stereocenters. The van der Waals surface area contributed by atoms with Crippen molar-refractivity contribution in [3.63, 3.8) is 0 Å². The highest BCUT2D eigenvalue weighted by molar-refractivity contribution is 14.0. The van der Waals surface area contributed by atoms with Crippen molar-refractivity contribution in [2.45, 2.75) is 52.5 Å². The van der Waals surface area contributed by atoms with Crippen LogP contribution in [0.15, 0.2) is 23.2 Å². The van der Waals surface area contributed by atoms with Gasteiger partial charge < -0.3 is 30.1 Å². The minimum atomic E-state index is -0.128. The number of rotatable bonds is 10. The monoisotopic (exact) mass is 548 g/mol. The number of aliphatic hydroxyl groups excluding tert-OH is 1. The van der Waals surface area contributed by atoms with E-state index in [0.29, 0.717) is 12.6 Å². The molecule has 1 aromatic rings. The molecule has 0 aromatic heterocycles. The quantitative estimate of drug-likeness (QED) is 0.236. The molecule has 1 aliphatic heterocycles. The number of methoxy groups -OCH3 is 2. The maximum atomic E-state index is 9.82. The first kappa shape index (κ1) is 27.6. The first-order valence-corrected chi connectivity index (χ1v) is 11.2. The van der Waals surface area contributed by atoms with E-state index in [1.165, 1.54) is 0 Å². The Morgan fingerprint density at radius 2 is 1.68 bits per heavy atom. The van der Waals surface area contributed by atoms with Crippen LogP contribution in [0, 0.1) is 5.41 Å². The molecule has 1 heterocycles. The molecule has 0 amide bonds. The second kappa shape index (κ2) is 13.9. The molecule has 1 aliphatic rings. The number of halogens is 1. The van der Waals surface area contributed by atoms with Gasteiger partial charge in [-0.2, -0.15) is 0 Å². The van der Waals surface area contributed by atoms with Gasteiger partial charge in [-0.25, -0.2) is 0 Å². The molecule has 31 heavy (non-hydrogen) atoms. The molecule has 0 saturated carbocycles. The maximum absolute atomic E-state index is 9.82. The Morgan fingerprint density at radius 1 is 1.10 bits per heavy atom. The fourth-order valence-corrected chi connectivity index (χ4v) is 3.76. The van der Waals surface area contributed by atoms with Gasteiger partial charge in [-0.05, 0) is 32.6 Å². The van der Waals surface area contributed by atoms with Gasteiger partial charge in [-0.1, -0.05) is 13.8 Å². The predicted octanol–water partition coefficient (Wildman–Crippen LogP) is 3.64. The number of benzene rings is 1. The van der Waals surface area contributed by atoms with E-state index in [4.69, 9.17) is 14.5 Å². The van der Waals surface area contributed by atoms with E-state index in [2.05, 4.69) is 48.4 Å². The highest BCUT2D eigenvalue weighted by atomic mass is 127. The SMILES string of the molecule is CCNC(=NCC(CC)(CC)CO)NC1CCN(c2cc(OC)cc(OC)c2)CC1.I. The first-order chi connectivity index (χ1) is 14.5. The third-order valence-corrected chi connectivity index (χ3v) is 6.29. The lowest BCUT2D eigenvalue weighted by Crippen LogP contribution is -2.49. The van der Waals surface area contributed by atoms with Crippen molar-refractivity contribution in [2.75, 3.05) is 51.9 Å². The number of anilines is 1. The number of guanidine groups is 1. The van der Waals surface area contributed by atoms with Crippen LogP contribution in [0.25, 0.3) is 0 Å². The third kappa shape index (κ3) is 7.89. The van der Waals surface area contributed by atoms with E-state index in [9.17, 15) is 5.11 Å². The highest BCUT2D eigenvalue weighted by Crippen LogP contribution is 2.30. The van der Waals surface area contributed by atoms with Crippen LogP contribution in [0.3, 0.4) is 0 Å². The molecular formula is C23H41IN4O3. The minimum Gasteiger partial charge on any atom is -0.497 e. The molecule has 178 valence electrons. The molecule has 8 heteroatoms. The summed E-state index contributed by atoms with van der Waals surface area (Å²) in [7, 11) is 3.36. The second-order valence-electron chi connectivity index (χ2n) is 8.04. The van der Waals surface area contributed by atoms with E-state index >= 15 is 0 Å². The molecule has 1 saturated heterocycles. The van der Waals surface area contributed by atoms with Crippen LogP contribution in [0.5, 0.6) is 11.5 Å². The molecule has 2 rings (SSSR count). The Balaban J connectivity index is 0.00000480. The lowest BCUT2D eigenvalue weighted by atomic mass is 9.83. The van der Waals surface area contributed by atoms with Gasteiger partial charge in [-0.3, -0.25) is 4.99 Å². The van der Waals surface area contributed by atoms with Gasteiger partial charge in [0.05, 0.1) is 27.4 Å². The van der Waals surface area contributed by atoms with Gasteiger partial charge in [0.2, 0.25) is 0 Å². The average molecular weight is 549 g/mol. The summed E-state index contributed by atoms with van der Waals surface area (Å²) in [5, 5.41) is 16.8. The lowest BCUT2D eigenvalue weighted by molar-refractivity contribution is 0.123. The van der Waals surface area contributed by atoms with Gasteiger partial charge >= 0.3 is 0 Å². The van der Waals surface area contributed by atoms with Crippen LogP contribution in [0.4, 0.5) is 5.69 Å². The molecule has 0 radical (unpaired) electrons. The molecule has 0 aliphatic carbocycles. The number of hydrogen-bond donors (Lipinski definition) is 3. The standard InChI is InChI=1S/C23H40N4O3.HI/c1-6-23(7-2,17-28)16-25-22(24-8-3)26-18-9-11-27(12-10-18)19-13-20(29-4)15-21(14-19)30-5;/h13-15,18,28H,6-12,16-17H2,1-5H3,(H2,24,25,26);1H. The zero-order valence-corrected chi connectivity index (χ0v) is 22.1. The normalized spacial score (nSPS) is 15.3. The molecule has 3 N–H and O–H groups in total. The van der Waals surface area contributed by atoms with Crippen LogP contribution in [-0.4, -0.2) is 64.1 Å². The fraction of sp³-hybridized carbons (Fsp3) is 0.696. The summed E-state index contributed by atoms with van der Waals surface area (Å²) < 4.78 is 10.8. The topological polar surface area (TPSA) is 78.4 Å². The number of piperidine rings is 1. The summed E-state index contributed by atoms with van der Waals surface area (Å²) in [6.07, 6.45) is 3.89. The Bertz CT molecular complexity index is 644. The van der Waals surface area contributed by atoms with Crippen molar-refractivity contribution < 1.29 is 14.6 Å². The summed E-state index contributed by atoms with van der Waals surface area (Å²) in [4.78, 5) is 7.18. The van der Waals surface area contributed by atoms with Gasteiger partial charge in [0.1, 0.15) is 11.5 Å². The predicted molar refractivity (Wildman–Crippen MR) is 139 cm³/mol. The lowest BCUT2D eigenvalue weighted by Gasteiger charge is -2.35. The third-order valence-electron chi connectivity index (χ3n) is 6.29. The molecule has 0 spiro atoms. The van der Waals surface area contributed by atoms with Crippen molar-refractivity contribution in [1.29, 1.82) is 0 Å². The van der Waals surface area contributed by atoms with Crippen LogP contribution < -0.4 is 25.0 Å². The zero-order valence-electron chi connectivity index (χ0n) is 19.7. The average Bonchev–Trinajstić information content (AvgIpc) is 2.80. The van der Waals surface area contributed by atoms with E-state index in [-0.39, 0.29) is 36.0 Å². The van der Waals surface area contributed by atoms with Crippen molar-refractivity contribution in [3.05, 3.63) is 18.2 Å². The van der Waals surface area contributed by atoms with E-state index in [1.807, 2.05) is 6.07 Å². The fourth-order valence-electron chi connectivity index (χ4n) is 3.76. The Labute approximate surface area is 205 Å². The Morgan fingerprint density at radius 3 is 2.13 bits per heavy atom. The largest absolute Gasteiger partial charge is 0.497 e. The zero-order chi connectivity index (χ0) is 22.0. The molecule has 7 nitrogen and oxygen atoms in total. The molecule has 0 atom stereocenters. The summed E-state index contributed by atoms with van der Waals surface area (Å²) in [5.41, 5.74) is 1.00. The number of hydrogen-bond acceptors (Lipinski definition) is 5. The molecule has 0 bridgehead atoms. The highest BCUT2D eigenvalue weighted by Gasteiger charge is 2.26. The number of nitrogens with one attached hydrogen (secondary N) is 2. The number of aliphatic hydroxyl groups is 1. The van der Waals surface area contributed by atoms with E-state index in [0.717, 1.165) is 68.5 Å². The molecular weight excluding hydrogens is 507 g/mol. The van der Waals surface area contributed by atoms with Crippen LogP contribution in [0.1, 0.15) is 46.5 Å². The second-order valence-corrected chi connectivity index (χ2v) is 8.04. The van der Waals surface area contributed by atoms with Crippen molar-refractivity contribution in [3.8, 4) is 11.5 Å². The van der Waals surface area contributed by atoms with Gasteiger partial charge in [0.25, 0.3) is 0 Å². The smallest absolute Gasteiger partial charge is 0.191 e. The number of aliphatic imine (C=N–C) groups is 1. The van der Waals surface area contributed by atoms with Crippen LogP contribution in [0.2, 0.25) is 0 Å². The van der Waals surface area contributed by atoms with Crippen LogP contribution >= 0.6 is 24.0 Å². The van der Waals surface area contributed by atoms with Crippen molar-refractivity contribution in [2.24, 2.45) is 10.4 Å². The van der Waals surface area contributed by atoms with Crippen molar-refractivity contribution in [1.82, 2.24) is 10.6 Å². The number of nitrogens with zero attached hydrogens (tertiary/aromatic N) is 2. The van der Waals surface area contributed by atoms with Crippen molar-refractivity contribution >= 4 is 35.6 Å². The summed E-state index contributed by atoms with van der Waals surface area (Å²) >= 11 is 0. The number of ether oxygens (including phenoxy) is 2. The van der Waals surface area contributed by atoms with Gasteiger partial charge in [0, 0.05) is 55.0 Å². The summed E-state index contributed by atoms with van der Waals surface area (Å²) in [5.74, 6) is 2.47. The summed E-state index contributed by atoms with van der Waals surface area (Å²) in [6, 6.07) is 6.39. The molecule has 1 fully saturated rings. The Kier molecular flexibility index (Phi) is 12.4. The van der Waals surface area contributed by atoms with Gasteiger partial charge in [0.15, 0.2) is 5.96 Å². The first-order valence-electron chi connectivity index (χ1n) is 11.2. The van der Waals surface area contributed by atoms with E-state index in [1.54, 1.807) is 14.2 Å². The van der Waals surface area contributed by atoms with Gasteiger partial charge in [-0.15, -0.1) is 24.0 Å². The Hall–Kier alpha value is -1.42.